The van der Waals surface area contributed by atoms with E-state index in [1.54, 1.807) is 13.8 Å². The Balaban J connectivity index is 1.74. The molecule has 8 heteroatoms. The normalized spacial score (nSPS) is 10.6. The van der Waals surface area contributed by atoms with Crippen molar-refractivity contribution in [1.82, 2.24) is 15.1 Å². The second-order valence-corrected chi connectivity index (χ2v) is 7.12. The van der Waals surface area contributed by atoms with Crippen LogP contribution in [0.3, 0.4) is 0 Å². The fourth-order valence-electron chi connectivity index (χ4n) is 2.64. The number of aromatic nitrogens is 3. The van der Waals surface area contributed by atoms with Gasteiger partial charge in [0.1, 0.15) is 11.1 Å². The molecule has 0 amide bonds. The molecular formula is C21H20N4O3S. The van der Waals surface area contributed by atoms with Crippen LogP contribution in [-0.4, -0.2) is 27.7 Å². The first-order chi connectivity index (χ1) is 14.0. The van der Waals surface area contributed by atoms with Crippen molar-refractivity contribution >= 4 is 17.7 Å². The third-order valence-electron chi connectivity index (χ3n) is 4.21. The van der Waals surface area contributed by atoms with Gasteiger partial charge < -0.3 is 9.26 Å². The van der Waals surface area contributed by atoms with E-state index in [0.29, 0.717) is 39.3 Å². The molecule has 3 aromatic rings. The zero-order valence-corrected chi connectivity index (χ0v) is 17.2. The summed E-state index contributed by atoms with van der Waals surface area (Å²) in [4.78, 5) is 20.8. The third kappa shape index (κ3) is 4.81. The molecule has 29 heavy (non-hydrogen) atoms. The van der Waals surface area contributed by atoms with Crippen molar-refractivity contribution in [1.29, 1.82) is 5.26 Å². The van der Waals surface area contributed by atoms with Crippen molar-refractivity contribution in [3.8, 4) is 17.5 Å². The summed E-state index contributed by atoms with van der Waals surface area (Å²) >= 11 is 1.31. The molecular weight excluding hydrogens is 388 g/mol. The maximum Gasteiger partial charge on any atom is 0.340 e. The number of carbonyl (C=O) groups is 1. The molecule has 0 spiro atoms. The van der Waals surface area contributed by atoms with Crippen LogP contribution in [0, 0.1) is 18.3 Å². The SMILES string of the molecule is CCOC(=O)c1cc(C#N)c(SCc2nc(-c3ccc(CC)cc3)no2)nc1C. The van der Waals surface area contributed by atoms with Gasteiger partial charge in [-0.3, -0.25) is 0 Å². The first kappa shape index (κ1) is 20.6. The van der Waals surface area contributed by atoms with Gasteiger partial charge in [0.15, 0.2) is 0 Å². The van der Waals surface area contributed by atoms with E-state index in [1.165, 1.54) is 23.4 Å². The maximum atomic E-state index is 12.0. The molecule has 0 atom stereocenters. The topological polar surface area (TPSA) is 102 Å². The highest BCUT2D eigenvalue weighted by molar-refractivity contribution is 7.98. The number of nitrogens with zero attached hydrogens (tertiary/aromatic N) is 4. The van der Waals surface area contributed by atoms with E-state index in [9.17, 15) is 10.1 Å². The van der Waals surface area contributed by atoms with Crippen molar-refractivity contribution in [3.05, 3.63) is 58.6 Å². The van der Waals surface area contributed by atoms with Crippen molar-refractivity contribution in [2.24, 2.45) is 0 Å². The maximum absolute atomic E-state index is 12.0. The van der Waals surface area contributed by atoms with Crippen LogP contribution >= 0.6 is 11.8 Å². The zero-order valence-electron chi connectivity index (χ0n) is 16.4. The van der Waals surface area contributed by atoms with Crippen LogP contribution < -0.4 is 0 Å². The molecule has 0 radical (unpaired) electrons. The first-order valence-electron chi connectivity index (χ1n) is 9.19. The molecule has 0 aliphatic heterocycles. The highest BCUT2D eigenvalue weighted by atomic mass is 32.2. The van der Waals surface area contributed by atoms with Crippen LogP contribution in [-0.2, 0) is 16.9 Å². The van der Waals surface area contributed by atoms with Gasteiger partial charge in [0.05, 0.1) is 29.2 Å². The highest BCUT2D eigenvalue weighted by Crippen LogP contribution is 2.27. The predicted molar refractivity (Wildman–Crippen MR) is 108 cm³/mol. The van der Waals surface area contributed by atoms with Crippen molar-refractivity contribution < 1.29 is 14.1 Å². The van der Waals surface area contributed by atoms with Crippen LogP contribution in [0.2, 0.25) is 0 Å². The number of benzene rings is 1. The third-order valence-corrected chi connectivity index (χ3v) is 5.19. The Hall–Kier alpha value is -3.18. The zero-order chi connectivity index (χ0) is 20.8. The van der Waals surface area contributed by atoms with E-state index in [4.69, 9.17) is 9.26 Å². The van der Waals surface area contributed by atoms with Gasteiger partial charge in [-0.05, 0) is 31.9 Å². The quantitative estimate of drug-likeness (QED) is 0.420. The monoisotopic (exact) mass is 408 g/mol. The number of nitriles is 1. The lowest BCUT2D eigenvalue weighted by Crippen LogP contribution is -2.09. The molecule has 2 aromatic heterocycles. The Morgan fingerprint density at radius 1 is 1.24 bits per heavy atom. The van der Waals surface area contributed by atoms with E-state index in [1.807, 2.05) is 24.3 Å². The van der Waals surface area contributed by atoms with Crippen molar-refractivity contribution in [2.75, 3.05) is 6.61 Å². The molecule has 1 aromatic carbocycles. The lowest BCUT2D eigenvalue weighted by molar-refractivity contribution is 0.0524. The summed E-state index contributed by atoms with van der Waals surface area (Å²) in [6.45, 7) is 5.80. The summed E-state index contributed by atoms with van der Waals surface area (Å²) in [5.74, 6) is 0.828. The summed E-state index contributed by atoms with van der Waals surface area (Å²) in [5.41, 5.74) is 3.23. The number of thioether (sulfide) groups is 1. The molecule has 0 N–H and O–H groups in total. The predicted octanol–water partition coefficient (Wildman–Crippen LogP) is 4.34. The average molecular weight is 408 g/mol. The van der Waals surface area contributed by atoms with Crippen LogP contribution in [0.25, 0.3) is 11.4 Å². The van der Waals surface area contributed by atoms with Crippen LogP contribution in [0.1, 0.15) is 46.9 Å². The van der Waals surface area contributed by atoms with Crippen molar-refractivity contribution in [2.45, 2.75) is 38.0 Å². The fraction of sp³-hybridized carbons (Fsp3) is 0.286. The molecule has 0 aliphatic rings. The summed E-state index contributed by atoms with van der Waals surface area (Å²) in [6, 6.07) is 11.6. The minimum atomic E-state index is -0.485. The second kappa shape index (κ2) is 9.34. The number of esters is 1. The molecule has 0 bridgehead atoms. The fourth-order valence-corrected chi connectivity index (χ4v) is 3.48. The van der Waals surface area contributed by atoms with E-state index in [2.05, 4.69) is 28.1 Å². The molecule has 0 saturated heterocycles. The second-order valence-electron chi connectivity index (χ2n) is 6.16. The summed E-state index contributed by atoms with van der Waals surface area (Å²) in [7, 11) is 0. The average Bonchev–Trinajstić information content (AvgIpc) is 3.21. The molecule has 7 nitrogen and oxygen atoms in total. The number of pyridine rings is 1. The van der Waals surface area contributed by atoms with Gasteiger partial charge in [0.2, 0.25) is 11.7 Å². The Bertz CT molecular complexity index is 1050. The van der Waals surface area contributed by atoms with Crippen LogP contribution in [0.4, 0.5) is 0 Å². The van der Waals surface area contributed by atoms with Gasteiger partial charge in [-0.1, -0.05) is 48.1 Å². The number of aryl methyl sites for hydroxylation is 2. The van der Waals surface area contributed by atoms with Crippen LogP contribution in [0.5, 0.6) is 0 Å². The van der Waals surface area contributed by atoms with Gasteiger partial charge >= 0.3 is 5.97 Å². The lowest BCUT2D eigenvalue weighted by atomic mass is 10.1. The van der Waals surface area contributed by atoms with E-state index >= 15 is 0 Å². The molecule has 0 aliphatic carbocycles. The number of rotatable bonds is 7. The Morgan fingerprint density at radius 3 is 2.66 bits per heavy atom. The Kier molecular flexibility index (Phi) is 6.62. The van der Waals surface area contributed by atoms with Crippen molar-refractivity contribution in [3.63, 3.8) is 0 Å². The molecule has 0 fully saturated rings. The van der Waals surface area contributed by atoms with Gasteiger partial charge in [-0.2, -0.15) is 10.2 Å². The summed E-state index contributed by atoms with van der Waals surface area (Å²) in [6.07, 6.45) is 0.969. The van der Waals surface area contributed by atoms with E-state index in [0.717, 1.165) is 12.0 Å². The standard InChI is InChI=1S/C21H20N4O3S/c1-4-14-6-8-15(9-7-14)19-24-18(28-25-19)12-29-20-16(11-22)10-17(13(3)23-20)21(26)27-5-2/h6-10H,4-5,12H2,1-3H3. The smallest absolute Gasteiger partial charge is 0.340 e. The number of hydrogen-bond donors (Lipinski definition) is 0. The van der Waals surface area contributed by atoms with Gasteiger partial charge in [0, 0.05) is 5.56 Å². The van der Waals surface area contributed by atoms with Crippen LogP contribution in [0.15, 0.2) is 39.9 Å². The number of hydrogen-bond acceptors (Lipinski definition) is 8. The van der Waals surface area contributed by atoms with Gasteiger partial charge in [-0.25, -0.2) is 9.78 Å². The molecule has 0 saturated carbocycles. The molecule has 0 unspecified atom stereocenters. The molecule has 148 valence electrons. The molecule has 2 heterocycles. The Morgan fingerprint density at radius 2 is 2.00 bits per heavy atom. The van der Waals surface area contributed by atoms with Gasteiger partial charge in [0.25, 0.3) is 0 Å². The molecule has 3 rings (SSSR count). The Labute approximate surface area is 173 Å². The largest absolute Gasteiger partial charge is 0.462 e. The number of carbonyl (C=O) groups excluding carboxylic acids is 1. The minimum absolute atomic E-state index is 0.261. The summed E-state index contributed by atoms with van der Waals surface area (Å²) in [5, 5.41) is 14.0. The van der Waals surface area contributed by atoms with E-state index < -0.39 is 5.97 Å². The summed E-state index contributed by atoms with van der Waals surface area (Å²) < 4.78 is 10.3. The first-order valence-corrected chi connectivity index (χ1v) is 10.2. The van der Waals surface area contributed by atoms with Gasteiger partial charge in [-0.15, -0.1) is 0 Å². The lowest BCUT2D eigenvalue weighted by Gasteiger charge is -2.08. The van der Waals surface area contributed by atoms with E-state index in [-0.39, 0.29) is 6.61 Å². The highest BCUT2D eigenvalue weighted by Gasteiger charge is 2.17. The minimum Gasteiger partial charge on any atom is -0.462 e. The number of ether oxygens (including phenoxy) is 1.